The van der Waals surface area contributed by atoms with Crippen LogP contribution in [-0.2, 0) is 30.4 Å². The average Bonchev–Trinajstić information content (AvgIpc) is 4.06. The fourth-order valence-corrected chi connectivity index (χ4v) is 12.9. The summed E-state index contributed by atoms with van der Waals surface area (Å²) >= 11 is 0. The fourth-order valence-electron chi connectivity index (χ4n) is 12.9. The molecular weight excluding hydrogens is 1020 g/mol. The first kappa shape index (κ1) is 59.9. The smallest absolute Gasteiger partial charge is 0.315 e. The number of rotatable bonds is 7. The van der Waals surface area contributed by atoms with Gasteiger partial charge in [0.05, 0.1) is 34.8 Å². The Labute approximate surface area is 469 Å². The molecule has 5 unspecified atom stereocenters. The minimum Gasteiger partial charge on any atom is -0.507 e. The predicted molar refractivity (Wildman–Crippen MR) is 303 cm³/mol. The molecule has 3 aromatic carbocycles. The first-order valence-corrected chi connectivity index (χ1v) is 28.7. The first-order valence-electron chi connectivity index (χ1n) is 28.7. The monoisotopic (exact) mass is 1100 g/mol. The topological polar surface area (TPSA) is 244 Å². The van der Waals surface area contributed by atoms with E-state index in [9.17, 15) is 39.6 Å². The molecule has 2 amide bonds. The Morgan fingerprint density at radius 1 is 0.900 bits per heavy atom. The standard InChI is InChI=1S/C61H80N6O11.CH4O/c1-34(2)31-65-27-23-61(24-28-65)63-49-46-47-54(72)40(8)57-48(46)58(74)60(9,78-57)76-29-15-18-36(4)56(39(7)53(71)38(6)52(70)35(3)16-13-17-37(5)59(75)62-51(55(47)73)50(49)64-61)77-45(69)30-44(68)67-26-22-43-42(33-67)21-14-25-66(43)32-41-19-11-10-12-20-41;1-2/h10-13,15-17,19-20,29,34-36,38-39,42-43,52-53,56,70-73H,14,18,21-28,30-33H2,1-9H3,(H,62,75);2H,1H3/b16-13+,29-15+,37-17-;/t35?,36-,38-,39-,42?,43?,52+,53-,56?,60?;/m1./s1. The number of hydrogen-bond donors (Lipinski definition) is 6. The maximum Gasteiger partial charge on any atom is 0.315 e. The zero-order valence-corrected chi connectivity index (χ0v) is 48.3. The molecule has 7 heterocycles. The minimum absolute atomic E-state index is 0.0424. The van der Waals surface area contributed by atoms with Crippen molar-refractivity contribution in [3.05, 3.63) is 93.9 Å². The van der Waals surface area contributed by atoms with Crippen molar-refractivity contribution in [1.29, 1.82) is 0 Å². The molecule has 1 spiro atoms. The van der Waals surface area contributed by atoms with Crippen LogP contribution in [0.25, 0.3) is 10.8 Å². The number of ether oxygens (including phenoxy) is 3. The summed E-state index contributed by atoms with van der Waals surface area (Å²) in [5.74, 6) is -6.66. The van der Waals surface area contributed by atoms with Crippen molar-refractivity contribution in [2.75, 3.05) is 51.7 Å². The second-order valence-corrected chi connectivity index (χ2v) is 23.8. The largest absolute Gasteiger partial charge is 0.507 e. The summed E-state index contributed by atoms with van der Waals surface area (Å²) in [4.78, 5) is 74.0. The lowest BCUT2D eigenvalue weighted by Gasteiger charge is -2.47. The third-order valence-electron chi connectivity index (χ3n) is 17.5. The van der Waals surface area contributed by atoms with Crippen LogP contribution in [0, 0.1) is 42.4 Å². The summed E-state index contributed by atoms with van der Waals surface area (Å²) in [7, 11) is 1.00. The zero-order valence-electron chi connectivity index (χ0n) is 48.3. The van der Waals surface area contributed by atoms with Crippen molar-refractivity contribution in [2.45, 2.75) is 150 Å². The van der Waals surface area contributed by atoms with Gasteiger partial charge >= 0.3 is 11.8 Å². The van der Waals surface area contributed by atoms with Crippen molar-refractivity contribution in [1.82, 2.24) is 14.7 Å². The molecule has 7 aliphatic rings. The van der Waals surface area contributed by atoms with Gasteiger partial charge < -0.3 is 54.9 Å². The van der Waals surface area contributed by atoms with Crippen LogP contribution in [0.15, 0.2) is 76.5 Å². The number of amides is 2. The van der Waals surface area contributed by atoms with Crippen molar-refractivity contribution in [2.24, 2.45) is 45.5 Å². The second-order valence-electron chi connectivity index (χ2n) is 23.8. The molecule has 5 bridgehead atoms. The van der Waals surface area contributed by atoms with Crippen LogP contribution in [0.2, 0.25) is 0 Å². The summed E-state index contributed by atoms with van der Waals surface area (Å²) in [6.07, 6.45) is 8.45. The normalized spacial score (nSPS) is 30.6. The Balaban J connectivity index is 0.00000416. The molecule has 0 aliphatic carbocycles. The van der Waals surface area contributed by atoms with Gasteiger partial charge in [0.1, 0.15) is 35.1 Å². The van der Waals surface area contributed by atoms with E-state index in [1.165, 1.54) is 18.7 Å². The quantitative estimate of drug-likeness (QED) is 0.0829. The number of anilines is 1. The van der Waals surface area contributed by atoms with E-state index in [2.05, 4.69) is 53.2 Å². The van der Waals surface area contributed by atoms with Gasteiger partial charge in [-0.25, -0.2) is 0 Å². The SMILES string of the molecule is C/C1=C/C=C/C(C)[C@H](O)[C@@H](C)[C@@H](O)[C@@H](C)C(OC(=O)CC(=O)N2CCC3C(CCCN3Cc3ccccc3)C2)[C@H](C)C/C=C/OC2(C)Oc3c(C)c(O)c4c(O)c(c5c(c4c3C2=O)=NC2(CCN(CC(C)C)CC2)N=5)NC1=O.CO. The van der Waals surface area contributed by atoms with E-state index >= 15 is 0 Å². The number of esters is 1. The Morgan fingerprint density at radius 2 is 1.60 bits per heavy atom. The van der Waals surface area contributed by atoms with Gasteiger partial charge in [0.25, 0.3) is 11.7 Å². The molecule has 3 fully saturated rings. The predicted octanol–water partition coefficient (Wildman–Crippen LogP) is 6.62. The number of likely N-dealkylation sites (tertiary alicyclic amines) is 3. The molecule has 18 heteroatoms. The Bertz CT molecular complexity index is 3030. The van der Waals surface area contributed by atoms with E-state index < -0.39 is 83.3 Å². The van der Waals surface area contributed by atoms with Crippen molar-refractivity contribution >= 4 is 40.0 Å². The number of aliphatic hydroxyl groups excluding tert-OH is 3. The molecule has 80 heavy (non-hydrogen) atoms. The van der Waals surface area contributed by atoms with E-state index in [1.54, 1.807) is 63.8 Å². The van der Waals surface area contributed by atoms with Crippen LogP contribution in [0.1, 0.15) is 122 Å². The highest BCUT2D eigenvalue weighted by Crippen LogP contribution is 2.50. The summed E-state index contributed by atoms with van der Waals surface area (Å²) in [5.41, 5.74) is 0.675. The van der Waals surface area contributed by atoms with Crippen molar-refractivity contribution in [3.8, 4) is 17.2 Å². The van der Waals surface area contributed by atoms with E-state index in [1.807, 2.05) is 13.0 Å². The molecule has 0 radical (unpaired) electrons. The van der Waals surface area contributed by atoms with Gasteiger partial charge in [-0.05, 0) is 75.5 Å². The van der Waals surface area contributed by atoms with Crippen LogP contribution in [0.5, 0.6) is 17.2 Å². The molecule has 0 saturated carbocycles. The number of allylic oxidation sites excluding steroid dienone is 3. The van der Waals surface area contributed by atoms with Gasteiger partial charge in [0, 0.05) is 106 Å². The number of Topliss-reactive ketones (excluding diaryl/α,β-unsaturated/α-hetero) is 1. The number of aromatic hydroxyl groups is 2. The molecule has 434 valence electrons. The van der Waals surface area contributed by atoms with Gasteiger partial charge in [-0.15, -0.1) is 0 Å². The van der Waals surface area contributed by atoms with Crippen molar-refractivity contribution < 1.29 is 58.9 Å². The number of carbonyl (C=O) groups is 4. The van der Waals surface area contributed by atoms with Crippen LogP contribution in [0.4, 0.5) is 5.69 Å². The third-order valence-corrected chi connectivity index (χ3v) is 17.5. The van der Waals surface area contributed by atoms with Gasteiger partial charge in [0.2, 0.25) is 5.91 Å². The van der Waals surface area contributed by atoms with Crippen LogP contribution in [-0.4, -0.2) is 146 Å². The molecule has 10 atom stereocenters. The van der Waals surface area contributed by atoms with E-state index in [0.29, 0.717) is 56.9 Å². The van der Waals surface area contributed by atoms with Crippen molar-refractivity contribution in [3.63, 3.8) is 0 Å². The minimum atomic E-state index is -1.95. The highest BCUT2D eigenvalue weighted by atomic mass is 16.7. The number of aliphatic hydroxyl groups is 3. The highest BCUT2D eigenvalue weighted by Gasteiger charge is 2.50. The molecule has 18 nitrogen and oxygen atoms in total. The Kier molecular flexibility index (Phi) is 18.7. The third kappa shape index (κ3) is 12.2. The summed E-state index contributed by atoms with van der Waals surface area (Å²) in [6, 6.07) is 10.8. The number of benzene rings is 3. The number of hydrogen-bond acceptors (Lipinski definition) is 16. The second kappa shape index (κ2) is 24.9. The average molecular weight is 1110 g/mol. The number of fused-ring (bicyclic) bond motifs is 14. The first-order chi connectivity index (χ1) is 38.1. The van der Waals surface area contributed by atoms with E-state index in [-0.39, 0.29) is 67.7 Å². The number of carbonyl (C=O) groups excluding carboxylic acids is 4. The lowest BCUT2D eigenvalue weighted by Crippen LogP contribution is -2.55. The fraction of sp³-hybridized carbons (Fsp3) is 0.581. The Hall–Kier alpha value is -6.18. The maximum atomic E-state index is 14.9. The molecule has 10 rings (SSSR count). The molecule has 0 aromatic heterocycles. The number of phenols is 2. The summed E-state index contributed by atoms with van der Waals surface area (Å²) < 4.78 is 18.8. The van der Waals surface area contributed by atoms with Gasteiger partial charge in [-0.3, -0.25) is 34.1 Å². The lowest BCUT2D eigenvalue weighted by atomic mass is 9.79. The maximum absolute atomic E-state index is 14.9. The van der Waals surface area contributed by atoms with E-state index in [0.717, 1.165) is 46.0 Å². The number of piperidine rings is 3. The number of ketones is 1. The van der Waals surface area contributed by atoms with Crippen LogP contribution >= 0.6 is 0 Å². The zero-order chi connectivity index (χ0) is 58.0. The van der Waals surface area contributed by atoms with Gasteiger partial charge in [-0.2, -0.15) is 0 Å². The van der Waals surface area contributed by atoms with Gasteiger partial charge in [0.15, 0.2) is 11.4 Å². The van der Waals surface area contributed by atoms with Crippen LogP contribution < -0.4 is 20.8 Å². The van der Waals surface area contributed by atoms with Gasteiger partial charge in [-0.1, -0.05) is 90.1 Å². The molecule has 3 aromatic rings. The summed E-state index contributed by atoms with van der Waals surface area (Å²) in [6.45, 7) is 21.3. The number of nitrogens with zero attached hydrogens (tertiary/aromatic N) is 5. The number of nitrogens with one attached hydrogen (secondary N) is 1. The van der Waals surface area contributed by atoms with Crippen LogP contribution in [0.3, 0.4) is 0 Å². The molecule has 7 aliphatic heterocycles. The Morgan fingerprint density at radius 3 is 2.30 bits per heavy atom. The lowest BCUT2D eigenvalue weighted by molar-refractivity contribution is -0.163. The molecular formula is C62H84N6O12. The highest BCUT2D eigenvalue weighted by molar-refractivity contribution is 6.19. The molecule has 3 saturated heterocycles. The molecule has 6 N–H and O–H groups in total. The summed E-state index contributed by atoms with van der Waals surface area (Å²) in [5, 5.41) is 58.2. The number of phenolic OH excluding ortho intramolecular Hbond substituents is 2. The van der Waals surface area contributed by atoms with E-state index in [4.69, 9.17) is 29.3 Å².